The predicted octanol–water partition coefficient (Wildman–Crippen LogP) is 4.09. The first kappa shape index (κ1) is 20.0. The Bertz CT molecular complexity index is 1140. The van der Waals surface area contributed by atoms with E-state index >= 15 is 0 Å². The molecule has 8 heteroatoms. The van der Waals surface area contributed by atoms with E-state index in [1.165, 1.54) is 0 Å². The largest absolute Gasteiger partial charge is 0.489 e. The average Bonchev–Trinajstić information content (AvgIpc) is 3.40. The molecular formula is C23H25ClN6O. The van der Waals surface area contributed by atoms with Crippen LogP contribution in [0.1, 0.15) is 23.5 Å². The number of aryl methyl sites for hydroxylation is 1. The van der Waals surface area contributed by atoms with Crippen molar-refractivity contribution in [2.45, 2.75) is 25.4 Å². The van der Waals surface area contributed by atoms with Gasteiger partial charge in [0.15, 0.2) is 0 Å². The quantitative estimate of drug-likeness (QED) is 0.627. The minimum absolute atomic E-state index is 0.182. The summed E-state index contributed by atoms with van der Waals surface area (Å²) in [5.41, 5.74) is 3.84. The lowest BCUT2D eigenvalue weighted by Crippen LogP contribution is -2.20. The molecule has 160 valence electrons. The highest BCUT2D eigenvalue weighted by molar-refractivity contribution is 6.35. The number of hydrogen-bond acceptors (Lipinski definition) is 7. The summed E-state index contributed by atoms with van der Waals surface area (Å²) in [6, 6.07) is 10.2. The van der Waals surface area contributed by atoms with Gasteiger partial charge in [0.05, 0.1) is 10.5 Å². The molecule has 0 amide bonds. The minimum Gasteiger partial charge on any atom is -0.489 e. The summed E-state index contributed by atoms with van der Waals surface area (Å²) < 4.78 is 6.26. The third-order valence-corrected chi connectivity index (χ3v) is 5.90. The Morgan fingerprint density at radius 2 is 2.13 bits per heavy atom. The van der Waals surface area contributed by atoms with Gasteiger partial charge in [-0.05, 0) is 55.3 Å². The number of halogens is 1. The van der Waals surface area contributed by atoms with Gasteiger partial charge in [0.1, 0.15) is 11.9 Å². The molecule has 1 fully saturated rings. The number of benzene rings is 2. The Balaban J connectivity index is 1.47. The van der Waals surface area contributed by atoms with Crippen molar-refractivity contribution in [2.24, 2.45) is 5.10 Å². The summed E-state index contributed by atoms with van der Waals surface area (Å²) in [5.74, 6) is 1.55. The number of fused-ring (bicyclic) bond motifs is 1. The van der Waals surface area contributed by atoms with Gasteiger partial charge >= 0.3 is 0 Å². The molecule has 3 aromatic rings. The zero-order valence-electron chi connectivity index (χ0n) is 17.6. The lowest BCUT2D eigenvalue weighted by Gasteiger charge is -2.18. The molecular weight excluding hydrogens is 412 g/mol. The number of aromatic nitrogens is 2. The van der Waals surface area contributed by atoms with Crippen LogP contribution in [0.5, 0.6) is 5.75 Å². The first-order valence-corrected chi connectivity index (χ1v) is 10.9. The third kappa shape index (κ3) is 4.43. The smallest absolute Gasteiger partial charge is 0.227 e. The molecule has 1 aromatic heterocycles. The van der Waals surface area contributed by atoms with Gasteiger partial charge in [0, 0.05) is 55.6 Å². The van der Waals surface area contributed by atoms with E-state index in [4.69, 9.17) is 16.3 Å². The van der Waals surface area contributed by atoms with Gasteiger partial charge in [-0.1, -0.05) is 11.6 Å². The molecule has 1 unspecified atom stereocenters. The van der Waals surface area contributed by atoms with Crippen molar-refractivity contribution < 1.29 is 4.74 Å². The Morgan fingerprint density at radius 1 is 1.23 bits per heavy atom. The van der Waals surface area contributed by atoms with Crippen molar-refractivity contribution in [2.75, 3.05) is 32.0 Å². The van der Waals surface area contributed by atoms with Gasteiger partial charge in [0.25, 0.3) is 0 Å². The molecule has 0 bridgehead atoms. The van der Waals surface area contributed by atoms with E-state index < -0.39 is 0 Å². The average molecular weight is 437 g/mol. The van der Waals surface area contributed by atoms with Crippen LogP contribution in [0.15, 0.2) is 41.6 Å². The molecule has 1 saturated heterocycles. The van der Waals surface area contributed by atoms with Crippen LogP contribution in [0.3, 0.4) is 0 Å². The monoisotopic (exact) mass is 436 g/mol. The molecule has 0 spiro atoms. The second-order valence-electron chi connectivity index (χ2n) is 8.24. The molecule has 2 atom stereocenters. The second-order valence-corrected chi connectivity index (χ2v) is 8.65. The first-order valence-electron chi connectivity index (χ1n) is 10.5. The first-order chi connectivity index (χ1) is 15.0. The molecule has 7 nitrogen and oxygen atoms in total. The maximum Gasteiger partial charge on any atom is 0.227 e. The Labute approximate surface area is 186 Å². The third-order valence-electron chi connectivity index (χ3n) is 5.62. The van der Waals surface area contributed by atoms with Gasteiger partial charge in [-0.25, -0.2) is 9.97 Å². The summed E-state index contributed by atoms with van der Waals surface area (Å²) in [6.07, 6.45) is 4.97. The molecule has 5 rings (SSSR count). The number of likely N-dealkylation sites (N-methyl/N-ethyl adjacent to an activating group) is 1. The van der Waals surface area contributed by atoms with Crippen molar-refractivity contribution in [3.05, 3.63) is 52.7 Å². The van der Waals surface area contributed by atoms with E-state index in [9.17, 15) is 0 Å². The van der Waals surface area contributed by atoms with E-state index in [-0.39, 0.29) is 12.0 Å². The van der Waals surface area contributed by atoms with Gasteiger partial charge < -0.3 is 15.4 Å². The summed E-state index contributed by atoms with van der Waals surface area (Å²) in [4.78, 5) is 9.13. The fourth-order valence-corrected chi connectivity index (χ4v) is 4.42. The van der Waals surface area contributed by atoms with Gasteiger partial charge in [-0.3, -0.25) is 5.01 Å². The van der Waals surface area contributed by atoms with Crippen LogP contribution in [0.25, 0.3) is 10.9 Å². The molecule has 2 aliphatic rings. The van der Waals surface area contributed by atoms with Crippen LogP contribution >= 0.6 is 11.6 Å². The van der Waals surface area contributed by atoms with Crippen molar-refractivity contribution in [3.63, 3.8) is 0 Å². The highest BCUT2D eigenvalue weighted by Crippen LogP contribution is 2.31. The van der Waals surface area contributed by atoms with Gasteiger partial charge in [-0.15, -0.1) is 0 Å². The number of anilines is 2. The molecule has 0 aliphatic carbocycles. The molecule has 3 heterocycles. The molecule has 2 aliphatic heterocycles. The lowest BCUT2D eigenvalue weighted by molar-refractivity contribution is 0.223. The highest BCUT2D eigenvalue weighted by atomic mass is 35.5. The van der Waals surface area contributed by atoms with E-state index in [1.807, 2.05) is 43.4 Å². The number of rotatable bonds is 5. The van der Waals surface area contributed by atoms with E-state index in [1.54, 1.807) is 6.20 Å². The van der Waals surface area contributed by atoms with Crippen molar-refractivity contribution in [1.29, 1.82) is 0 Å². The summed E-state index contributed by atoms with van der Waals surface area (Å²) in [7, 11) is 1.98. The molecule has 0 saturated carbocycles. The van der Waals surface area contributed by atoms with Crippen molar-refractivity contribution >= 4 is 40.4 Å². The summed E-state index contributed by atoms with van der Waals surface area (Å²) >= 11 is 6.42. The standard InChI is InChI=1S/C23H25ClN6O/c1-14-5-16-10-26-23(29-22(16)21(24)6-14)28-18-7-15(17-11-27-30(2)13-17)8-20(9-18)31-19-3-4-25-12-19/h5-11,17,19,25H,3-4,12-13H2,1-2H3,(H,26,28,29)/t17?,19-/m1/s1. The Hall–Kier alpha value is -2.90. The Morgan fingerprint density at radius 3 is 2.90 bits per heavy atom. The molecule has 0 radical (unpaired) electrons. The SMILES string of the molecule is Cc1cc(Cl)c2nc(Nc3cc(O[C@@H]4CCNC4)cc(C4C=NN(C)C4)c3)ncc2c1. The summed E-state index contributed by atoms with van der Waals surface area (Å²) in [6.45, 7) is 4.70. The lowest BCUT2D eigenvalue weighted by atomic mass is 10.00. The fraction of sp³-hybridized carbons (Fsp3) is 0.348. The van der Waals surface area contributed by atoms with Crippen molar-refractivity contribution in [3.8, 4) is 5.75 Å². The molecule has 2 aromatic carbocycles. The van der Waals surface area contributed by atoms with Gasteiger partial charge in [0.2, 0.25) is 5.95 Å². The minimum atomic E-state index is 0.182. The number of nitrogens with one attached hydrogen (secondary N) is 2. The topological polar surface area (TPSA) is 74.7 Å². The highest BCUT2D eigenvalue weighted by Gasteiger charge is 2.21. The second kappa shape index (κ2) is 8.32. The van der Waals surface area contributed by atoms with Gasteiger partial charge in [-0.2, -0.15) is 5.10 Å². The van der Waals surface area contributed by atoms with E-state index in [2.05, 4.69) is 37.8 Å². The maximum atomic E-state index is 6.42. The molecule has 2 N–H and O–H groups in total. The van der Waals surface area contributed by atoms with Crippen LogP contribution < -0.4 is 15.4 Å². The van der Waals surface area contributed by atoms with E-state index in [0.29, 0.717) is 11.0 Å². The normalized spacial score (nSPS) is 20.5. The van der Waals surface area contributed by atoms with E-state index in [0.717, 1.165) is 59.5 Å². The fourth-order valence-electron chi connectivity index (χ4n) is 4.09. The number of ether oxygens (including phenoxy) is 1. The summed E-state index contributed by atoms with van der Waals surface area (Å²) in [5, 5.41) is 14.6. The number of hydrogen-bond donors (Lipinski definition) is 2. The van der Waals surface area contributed by atoms with Crippen molar-refractivity contribution in [1.82, 2.24) is 20.3 Å². The van der Waals surface area contributed by atoms with Crippen LogP contribution in [0.4, 0.5) is 11.6 Å². The van der Waals surface area contributed by atoms with Crippen LogP contribution in [-0.4, -0.2) is 54.0 Å². The zero-order chi connectivity index (χ0) is 21.4. The van der Waals surface area contributed by atoms with Crippen LogP contribution in [0, 0.1) is 6.92 Å². The number of nitrogens with zero attached hydrogens (tertiary/aromatic N) is 4. The predicted molar refractivity (Wildman–Crippen MR) is 125 cm³/mol. The van der Waals surface area contributed by atoms with Crippen LogP contribution in [0.2, 0.25) is 5.02 Å². The molecule has 31 heavy (non-hydrogen) atoms. The maximum absolute atomic E-state index is 6.42. The zero-order valence-corrected chi connectivity index (χ0v) is 18.4. The number of hydrazone groups is 1. The Kier molecular flexibility index (Phi) is 5.38. The van der Waals surface area contributed by atoms with Crippen LogP contribution in [-0.2, 0) is 0 Å².